The second-order valence-corrected chi connectivity index (χ2v) is 4.47. The molecule has 1 rings (SSSR count). The van der Waals surface area contributed by atoms with Gasteiger partial charge in [0, 0.05) is 18.3 Å². The number of aromatic nitrogens is 1. The van der Waals surface area contributed by atoms with Crippen molar-refractivity contribution in [3.63, 3.8) is 0 Å². The predicted molar refractivity (Wildman–Crippen MR) is 72.8 cm³/mol. The van der Waals surface area contributed by atoms with E-state index in [-0.39, 0.29) is 0 Å². The summed E-state index contributed by atoms with van der Waals surface area (Å²) in [5.41, 5.74) is 7.92. The SMILES string of the molecule is CCC(CCN)N(CC)Cc1cccc(C)n1. The van der Waals surface area contributed by atoms with Crippen LogP contribution in [0.2, 0.25) is 0 Å². The van der Waals surface area contributed by atoms with Crippen LogP contribution in [0.25, 0.3) is 0 Å². The summed E-state index contributed by atoms with van der Waals surface area (Å²) >= 11 is 0. The summed E-state index contributed by atoms with van der Waals surface area (Å²) in [6, 6.07) is 6.80. The molecule has 2 N–H and O–H groups in total. The lowest BCUT2D eigenvalue weighted by atomic mass is 10.1. The molecule has 0 aliphatic heterocycles. The summed E-state index contributed by atoms with van der Waals surface area (Å²) in [6.45, 7) is 9.21. The van der Waals surface area contributed by atoms with Crippen molar-refractivity contribution < 1.29 is 0 Å². The van der Waals surface area contributed by atoms with Gasteiger partial charge in [-0.05, 0) is 45.0 Å². The summed E-state index contributed by atoms with van der Waals surface area (Å²) in [6.07, 6.45) is 2.22. The quantitative estimate of drug-likeness (QED) is 0.788. The van der Waals surface area contributed by atoms with Gasteiger partial charge < -0.3 is 5.73 Å². The van der Waals surface area contributed by atoms with Crippen LogP contribution in [0.3, 0.4) is 0 Å². The van der Waals surface area contributed by atoms with Crippen LogP contribution in [0.4, 0.5) is 0 Å². The highest BCUT2D eigenvalue weighted by molar-refractivity contribution is 5.09. The van der Waals surface area contributed by atoms with Gasteiger partial charge in [0.15, 0.2) is 0 Å². The van der Waals surface area contributed by atoms with E-state index in [9.17, 15) is 0 Å². The normalized spacial score (nSPS) is 13.0. The second kappa shape index (κ2) is 7.41. The van der Waals surface area contributed by atoms with Gasteiger partial charge in [-0.3, -0.25) is 9.88 Å². The van der Waals surface area contributed by atoms with Gasteiger partial charge in [-0.1, -0.05) is 19.9 Å². The molecule has 1 aromatic heterocycles. The molecule has 0 fully saturated rings. The second-order valence-electron chi connectivity index (χ2n) is 4.47. The topological polar surface area (TPSA) is 42.1 Å². The molecule has 0 spiro atoms. The summed E-state index contributed by atoms with van der Waals surface area (Å²) in [5.74, 6) is 0. The molecule has 0 radical (unpaired) electrons. The van der Waals surface area contributed by atoms with Crippen molar-refractivity contribution in [3.8, 4) is 0 Å². The molecule has 1 aromatic rings. The lowest BCUT2D eigenvalue weighted by Gasteiger charge is -2.29. The Morgan fingerprint density at radius 1 is 1.35 bits per heavy atom. The highest BCUT2D eigenvalue weighted by Gasteiger charge is 2.15. The van der Waals surface area contributed by atoms with E-state index < -0.39 is 0 Å². The van der Waals surface area contributed by atoms with Crippen LogP contribution in [0.5, 0.6) is 0 Å². The Morgan fingerprint density at radius 3 is 2.65 bits per heavy atom. The molecule has 3 heteroatoms. The molecule has 3 nitrogen and oxygen atoms in total. The number of hydrogen-bond donors (Lipinski definition) is 1. The molecule has 1 unspecified atom stereocenters. The number of nitrogens with two attached hydrogens (primary N) is 1. The minimum atomic E-state index is 0.576. The first-order valence-electron chi connectivity index (χ1n) is 6.57. The standard InChI is InChI=1S/C14H25N3/c1-4-14(9-10-15)17(5-2)11-13-8-6-7-12(3)16-13/h6-8,14H,4-5,9-11,15H2,1-3H3. The van der Waals surface area contributed by atoms with Crippen molar-refractivity contribution in [2.45, 2.75) is 46.2 Å². The molecular formula is C14H25N3. The van der Waals surface area contributed by atoms with Crippen LogP contribution >= 0.6 is 0 Å². The third-order valence-corrected chi connectivity index (χ3v) is 3.20. The molecule has 96 valence electrons. The third kappa shape index (κ3) is 4.44. The average molecular weight is 235 g/mol. The van der Waals surface area contributed by atoms with Gasteiger partial charge in [-0.25, -0.2) is 0 Å². The van der Waals surface area contributed by atoms with Gasteiger partial charge in [0.2, 0.25) is 0 Å². The Hall–Kier alpha value is -0.930. The highest BCUT2D eigenvalue weighted by Crippen LogP contribution is 2.12. The lowest BCUT2D eigenvalue weighted by Crippen LogP contribution is -2.36. The molecule has 1 atom stereocenters. The van der Waals surface area contributed by atoms with Crippen molar-refractivity contribution in [2.75, 3.05) is 13.1 Å². The Balaban J connectivity index is 2.68. The van der Waals surface area contributed by atoms with Crippen LogP contribution in [0.1, 0.15) is 38.1 Å². The fraction of sp³-hybridized carbons (Fsp3) is 0.643. The van der Waals surface area contributed by atoms with Gasteiger partial charge in [0.1, 0.15) is 0 Å². The maximum absolute atomic E-state index is 5.67. The van der Waals surface area contributed by atoms with Crippen molar-refractivity contribution >= 4 is 0 Å². The molecule has 0 amide bonds. The van der Waals surface area contributed by atoms with Crippen LogP contribution in [-0.2, 0) is 6.54 Å². The molecule has 0 saturated heterocycles. The summed E-state index contributed by atoms with van der Waals surface area (Å²) < 4.78 is 0. The van der Waals surface area contributed by atoms with E-state index in [0.29, 0.717) is 6.04 Å². The molecule has 1 heterocycles. The zero-order chi connectivity index (χ0) is 12.7. The molecule has 0 bridgehead atoms. The molecule has 0 aliphatic carbocycles. The fourth-order valence-corrected chi connectivity index (χ4v) is 2.23. The van der Waals surface area contributed by atoms with Crippen molar-refractivity contribution in [3.05, 3.63) is 29.6 Å². The first-order valence-corrected chi connectivity index (χ1v) is 6.57. The third-order valence-electron chi connectivity index (χ3n) is 3.20. The monoisotopic (exact) mass is 235 g/mol. The van der Waals surface area contributed by atoms with Gasteiger partial charge in [0.05, 0.1) is 5.69 Å². The van der Waals surface area contributed by atoms with Crippen molar-refractivity contribution in [1.82, 2.24) is 9.88 Å². The van der Waals surface area contributed by atoms with E-state index in [2.05, 4.69) is 35.9 Å². The maximum Gasteiger partial charge on any atom is 0.0547 e. The van der Waals surface area contributed by atoms with Crippen LogP contribution in [0, 0.1) is 6.92 Å². The fourth-order valence-electron chi connectivity index (χ4n) is 2.23. The van der Waals surface area contributed by atoms with Gasteiger partial charge in [0.25, 0.3) is 0 Å². The van der Waals surface area contributed by atoms with E-state index in [1.807, 2.05) is 13.0 Å². The Morgan fingerprint density at radius 2 is 2.12 bits per heavy atom. The van der Waals surface area contributed by atoms with Crippen molar-refractivity contribution in [2.24, 2.45) is 5.73 Å². The Bertz CT molecular complexity index is 325. The number of pyridine rings is 1. The predicted octanol–water partition coefficient (Wildman–Crippen LogP) is 2.34. The molecule has 17 heavy (non-hydrogen) atoms. The number of hydrogen-bond acceptors (Lipinski definition) is 3. The van der Waals surface area contributed by atoms with Crippen LogP contribution < -0.4 is 5.73 Å². The minimum Gasteiger partial charge on any atom is -0.330 e. The summed E-state index contributed by atoms with van der Waals surface area (Å²) in [4.78, 5) is 7.03. The minimum absolute atomic E-state index is 0.576. The largest absolute Gasteiger partial charge is 0.330 e. The van der Waals surface area contributed by atoms with Gasteiger partial charge in [-0.15, -0.1) is 0 Å². The van der Waals surface area contributed by atoms with Crippen molar-refractivity contribution in [1.29, 1.82) is 0 Å². The molecule has 0 aromatic carbocycles. The zero-order valence-corrected chi connectivity index (χ0v) is 11.3. The van der Waals surface area contributed by atoms with Gasteiger partial charge >= 0.3 is 0 Å². The van der Waals surface area contributed by atoms with E-state index in [0.717, 1.165) is 43.9 Å². The number of nitrogens with zero attached hydrogens (tertiary/aromatic N) is 2. The van der Waals surface area contributed by atoms with Crippen LogP contribution in [-0.4, -0.2) is 29.0 Å². The summed E-state index contributed by atoms with van der Waals surface area (Å²) in [5, 5.41) is 0. The van der Waals surface area contributed by atoms with E-state index in [1.54, 1.807) is 0 Å². The highest BCUT2D eigenvalue weighted by atomic mass is 15.2. The van der Waals surface area contributed by atoms with E-state index >= 15 is 0 Å². The first kappa shape index (κ1) is 14.1. The van der Waals surface area contributed by atoms with Crippen LogP contribution in [0.15, 0.2) is 18.2 Å². The average Bonchev–Trinajstić information content (AvgIpc) is 2.33. The lowest BCUT2D eigenvalue weighted by molar-refractivity contribution is 0.182. The smallest absolute Gasteiger partial charge is 0.0547 e. The van der Waals surface area contributed by atoms with E-state index in [1.165, 1.54) is 0 Å². The molecular weight excluding hydrogens is 210 g/mol. The molecule has 0 aliphatic rings. The zero-order valence-electron chi connectivity index (χ0n) is 11.3. The first-order chi connectivity index (χ1) is 8.21. The number of rotatable bonds is 7. The Labute approximate surface area is 105 Å². The summed E-state index contributed by atoms with van der Waals surface area (Å²) in [7, 11) is 0. The maximum atomic E-state index is 5.67. The van der Waals surface area contributed by atoms with E-state index in [4.69, 9.17) is 5.73 Å². The Kier molecular flexibility index (Phi) is 6.16. The number of aryl methyl sites for hydroxylation is 1. The molecule has 0 saturated carbocycles. The van der Waals surface area contributed by atoms with Gasteiger partial charge in [-0.2, -0.15) is 0 Å².